The minimum absolute atomic E-state index is 0.156. The first-order chi connectivity index (χ1) is 4.18. The van der Waals surface area contributed by atoms with E-state index in [1.165, 1.54) is 0 Å². The number of nitrogens with two attached hydrogens (primary N) is 1. The fourth-order valence-corrected chi connectivity index (χ4v) is 0.214. The summed E-state index contributed by atoms with van der Waals surface area (Å²) in [6, 6.07) is -1.12. The van der Waals surface area contributed by atoms with E-state index in [-0.39, 0.29) is 13.1 Å². The van der Waals surface area contributed by atoms with Crippen molar-refractivity contribution in [1.82, 2.24) is 0 Å². The van der Waals surface area contributed by atoms with Crippen LogP contribution in [0.3, 0.4) is 0 Å². The van der Waals surface area contributed by atoms with Crippen molar-refractivity contribution in [1.29, 1.82) is 0 Å². The summed E-state index contributed by atoms with van der Waals surface area (Å²) in [6.45, 7) is -0.123. The molecule has 9 heavy (non-hydrogen) atoms. The highest BCUT2D eigenvalue weighted by molar-refractivity contribution is 5.73. The summed E-state index contributed by atoms with van der Waals surface area (Å²) in [5.41, 5.74) is 4.92. The van der Waals surface area contributed by atoms with Crippen LogP contribution in [-0.4, -0.2) is 30.2 Å². The van der Waals surface area contributed by atoms with Crippen LogP contribution < -0.4 is 5.73 Å². The summed E-state index contributed by atoms with van der Waals surface area (Å²) in [7, 11) is 0. The highest BCUT2D eigenvalue weighted by atomic mass is 16.5. The van der Waals surface area contributed by atoms with Crippen LogP contribution in [0, 0.1) is 0 Å². The normalized spacial score (nSPS) is 12.1. The van der Waals surface area contributed by atoms with E-state index < -0.39 is 12.0 Å². The lowest BCUT2D eigenvalue weighted by Gasteiger charge is -2.01. The van der Waals surface area contributed by atoms with Crippen molar-refractivity contribution in [2.45, 2.75) is 6.04 Å². The standard InChI is InChI=1S/C4H7NO4/c5-3(4(7)8)1-9-2-6/h2-3H,1,5H2,(H,7,8)/t3-/m0/s1. The zero-order valence-corrected chi connectivity index (χ0v) is 4.61. The van der Waals surface area contributed by atoms with E-state index in [2.05, 4.69) is 4.74 Å². The Morgan fingerprint density at radius 1 is 1.89 bits per heavy atom. The van der Waals surface area contributed by atoms with E-state index in [4.69, 9.17) is 10.8 Å². The first-order valence-electron chi connectivity index (χ1n) is 2.22. The number of rotatable bonds is 4. The molecule has 0 fully saturated rings. The molecule has 3 N–H and O–H groups in total. The lowest BCUT2D eigenvalue weighted by molar-refractivity contribution is -0.141. The summed E-state index contributed by atoms with van der Waals surface area (Å²) >= 11 is 0. The van der Waals surface area contributed by atoms with Crippen LogP contribution in [0.15, 0.2) is 0 Å². The lowest BCUT2D eigenvalue weighted by Crippen LogP contribution is -2.34. The fraction of sp³-hybridized carbons (Fsp3) is 0.500. The first-order valence-corrected chi connectivity index (χ1v) is 2.22. The topological polar surface area (TPSA) is 89.6 Å². The van der Waals surface area contributed by atoms with Gasteiger partial charge in [0.05, 0.1) is 0 Å². The molecule has 0 bridgehead atoms. The average molecular weight is 133 g/mol. The summed E-state index contributed by atoms with van der Waals surface area (Å²) in [5, 5.41) is 8.09. The van der Waals surface area contributed by atoms with Crippen LogP contribution in [0.1, 0.15) is 0 Å². The smallest absolute Gasteiger partial charge is 0.324 e. The van der Waals surface area contributed by atoms with Gasteiger partial charge in [-0.15, -0.1) is 0 Å². The van der Waals surface area contributed by atoms with Crippen molar-refractivity contribution < 1.29 is 19.4 Å². The largest absolute Gasteiger partial charge is 0.480 e. The maximum atomic E-state index is 9.88. The van der Waals surface area contributed by atoms with Gasteiger partial charge < -0.3 is 15.6 Å². The van der Waals surface area contributed by atoms with Gasteiger partial charge in [0, 0.05) is 0 Å². The molecule has 0 amide bonds. The average Bonchev–Trinajstić information content (AvgIpc) is 1.82. The molecule has 0 rings (SSSR count). The fourth-order valence-electron chi connectivity index (χ4n) is 0.214. The molecule has 1 atom stereocenters. The molecule has 52 valence electrons. The van der Waals surface area contributed by atoms with E-state index in [1.807, 2.05) is 0 Å². The van der Waals surface area contributed by atoms with Gasteiger partial charge in [-0.05, 0) is 0 Å². The predicted molar refractivity (Wildman–Crippen MR) is 27.6 cm³/mol. The molecule has 5 nitrogen and oxygen atoms in total. The van der Waals surface area contributed by atoms with Crippen molar-refractivity contribution in [2.24, 2.45) is 5.73 Å². The number of aliphatic carboxylic acids is 1. The molecule has 0 spiro atoms. The molecular formula is C4H7NO4. The van der Waals surface area contributed by atoms with E-state index in [9.17, 15) is 9.59 Å². The van der Waals surface area contributed by atoms with E-state index >= 15 is 0 Å². The third kappa shape index (κ3) is 3.48. The summed E-state index contributed by atoms with van der Waals surface area (Å²) in [6.07, 6.45) is 0. The van der Waals surface area contributed by atoms with Gasteiger partial charge in [-0.1, -0.05) is 0 Å². The molecule has 0 saturated carbocycles. The second kappa shape index (κ2) is 3.85. The molecule has 0 aromatic heterocycles. The monoisotopic (exact) mass is 133 g/mol. The van der Waals surface area contributed by atoms with Crippen molar-refractivity contribution in [3.05, 3.63) is 0 Å². The van der Waals surface area contributed by atoms with Gasteiger partial charge in [-0.25, -0.2) is 0 Å². The Hall–Kier alpha value is -1.10. The highest BCUT2D eigenvalue weighted by Gasteiger charge is 2.10. The molecule has 5 heteroatoms. The Balaban J connectivity index is 3.37. The molecule has 0 aliphatic carbocycles. The second-order valence-electron chi connectivity index (χ2n) is 1.37. The molecule has 0 aliphatic heterocycles. The van der Waals surface area contributed by atoms with Gasteiger partial charge in [0.1, 0.15) is 12.6 Å². The van der Waals surface area contributed by atoms with Crippen LogP contribution in [0.2, 0.25) is 0 Å². The Morgan fingerprint density at radius 2 is 2.44 bits per heavy atom. The first kappa shape index (κ1) is 7.90. The lowest BCUT2D eigenvalue weighted by atomic mass is 10.3. The Bertz CT molecular complexity index is 113. The molecule has 0 aliphatic rings. The van der Waals surface area contributed by atoms with Gasteiger partial charge in [0.15, 0.2) is 0 Å². The van der Waals surface area contributed by atoms with Gasteiger partial charge in [0.25, 0.3) is 6.47 Å². The van der Waals surface area contributed by atoms with Crippen molar-refractivity contribution in [2.75, 3.05) is 6.61 Å². The number of carboxylic acid groups (broad SMARTS) is 1. The van der Waals surface area contributed by atoms with Crippen LogP contribution in [-0.2, 0) is 14.3 Å². The Morgan fingerprint density at radius 3 is 2.78 bits per heavy atom. The Kier molecular flexibility index (Phi) is 3.38. The summed E-state index contributed by atoms with van der Waals surface area (Å²) in [5.74, 6) is -1.18. The van der Waals surface area contributed by atoms with E-state index in [0.717, 1.165) is 0 Å². The zero-order valence-electron chi connectivity index (χ0n) is 4.61. The van der Waals surface area contributed by atoms with Crippen LogP contribution in [0.4, 0.5) is 0 Å². The molecule has 0 aromatic rings. The minimum atomic E-state index is -1.18. The third-order valence-electron chi connectivity index (χ3n) is 0.661. The van der Waals surface area contributed by atoms with Gasteiger partial charge >= 0.3 is 5.97 Å². The molecule has 0 saturated heterocycles. The number of hydrogen-bond acceptors (Lipinski definition) is 4. The molecule has 0 radical (unpaired) electrons. The Labute approximate surface area is 51.4 Å². The van der Waals surface area contributed by atoms with E-state index in [0.29, 0.717) is 0 Å². The van der Waals surface area contributed by atoms with Gasteiger partial charge in [0.2, 0.25) is 0 Å². The van der Waals surface area contributed by atoms with Crippen LogP contribution in [0.25, 0.3) is 0 Å². The third-order valence-corrected chi connectivity index (χ3v) is 0.661. The second-order valence-corrected chi connectivity index (χ2v) is 1.37. The van der Waals surface area contributed by atoms with Gasteiger partial charge in [-0.2, -0.15) is 0 Å². The van der Waals surface area contributed by atoms with E-state index in [1.54, 1.807) is 0 Å². The quantitative estimate of drug-likeness (QED) is 0.459. The van der Waals surface area contributed by atoms with Crippen molar-refractivity contribution in [3.8, 4) is 0 Å². The maximum absolute atomic E-state index is 9.88. The molecule has 0 aromatic carbocycles. The van der Waals surface area contributed by atoms with Gasteiger partial charge in [-0.3, -0.25) is 9.59 Å². The number of hydrogen-bond donors (Lipinski definition) is 2. The zero-order chi connectivity index (χ0) is 7.28. The van der Waals surface area contributed by atoms with Crippen LogP contribution in [0.5, 0.6) is 0 Å². The minimum Gasteiger partial charge on any atom is -0.480 e. The molecule has 0 unspecified atom stereocenters. The highest BCUT2D eigenvalue weighted by Crippen LogP contribution is 1.77. The molecular weight excluding hydrogens is 126 g/mol. The number of carboxylic acids is 1. The number of carbonyl (C=O) groups is 2. The molecule has 0 heterocycles. The predicted octanol–water partition coefficient (Wildman–Crippen LogP) is -1.43. The summed E-state index contributed by atoms with van der Waals surface area (Å²) < 4.78 is 4.07. The number of ether oxygens (including phenoxy) is 1. The summed E-state index contributed by atoms with van der Waals surface area (Å²) in [4.78, 5) is 19.3. The number of carbonyl (C=O) groups excluding carboxylic acids is 1. The van der Waals surface area contributed by atoms with Crippen molar-refractivity contribution >= 4 is 12.4 Å². The van der Waals surface area contributed by atoms with Crippen LogP contribution >= 0.6 is 0 Å². The SMILES string of the molecule is N[C@@H](COC=O)C(=O)O. The van der Waals surface area contributed by atoms with Crippen molar-refractivity contribution in [3.63, 3.8) is 0 Å². The maximum Gasteiger partial charge on any atom is 0.324 e.